The van der Waals surface area contributed by atoms with Gasteiger partial charge in [0.25, 0.3) is 0 Å². The summed E-state index contributed by atoms with van der Waals surface area (Å²) in [4.78, 5) is 0.476. The number of benzene rings is 1. The van der Waals surface area contributed by atoms with Crippen molar-refractivity contribution >= 4 is 9.84 Å². The SMILES string of the molecule is COc1ccc2c(c1)C(NC1CC1)CCCS2(=O)=O. The minimum absolute atomic E-state index is 0.134. The van der Waals surface area contributed by atoms with Crippen LogP contribution in [0.5, 0.6) is 5.75 Å². The Balaban J connectivity index is 2.05. The first-order valence-corrected chi connectivity index (χ1v) is 8.42. The van der Waals surface area contributed by atoms with E-state index in [9.17, 15) is 8.42 Å². The summed E-state index contributed by atoms with van der Waals surface area (Å²) in [5, 5.41) is 3.56. The minimum Gasteiger partial charge on any atom is -0.497 e. The van der Waals surface area contributed by atoms with Gasteiger partial charge in [0.2, 0.25) is 0 Å². The molecule has 1 heterocycles. The van der Waals surface area contributed by atoms with Crippen molar-refractivity contribution in [1.29, 1.82) is 0 Å². The van der Waals surface area contributed by atoms with Crippen LogP contribution in [0.2, 0.25) is 0 Å². The van der Waals surface area contributed by atoms with Crippen molar-refractivity contribution in [1.82, 2.24) is 5.32 Å². The molecule has 4 nitrogen and oxygen atoms in total. The van der Waals surface area contributed by atoms with Gasteiger partial charge in [-0.15, -0.1) is 0 Å². The topological polar surface area (TPSA) is 55.4 Å². The molecule has 1 atom stereocenters. The minimum atomic E-state index is -3.15. The first kappa shape index (κ1) is 12.9. The van der Waals surface area contributed by atoms with Gasteiger partial charge in [-0.3, -0.25) is 0 Å². The van der Waals surface area contributed by atoms with Crippen LogP contribution < -0.4 is 10.1 Å². The predicted octanol–water partition coefficient (Wildman–Crippen LogP) is 2.06. The van der Waals surface area contributed by atoms with Gasteiger partial charge in [0, 0.05) is 12.1 Å². The van der Waals surface area contributed by atoms with Crippen LogP contribution >= 0.6 is 0 Å². The molecule has 2 aliphatic rings. The summed E-state index contributed by atoms with van der Waals surface area (Å²) < 4.78 is 29.8. The van der Waals surface area contributed by atoms with Crippen molar-refractivity contribution in [2.45, 2.75) is 42.7 Å². The maximum Gasteiger partial charge on any atom is 0.178 e. The van der Waals surface area contributed by atoms with Crippen LogP contribution in [0.3, 0.4) is 0 Å². The molecule has 0 bridgehead atoms. The number of hydrogen-bond acceptors (Lipinski definition) is 4. The third kappa shape index (κ3) is 2.62. The summed E-state index contributed by atoms with van der Waals surface area (Å²) in [7, 11) is -1.54. The van der Waals surface area contributed by atoms with Crippen molar-refractivity contribution in [3.63, 3.8) is 0 Å². The summed E-state index contributed by atoms with van der Waals surface area (Å²) in [6, 6.07) is 5.99. The van der Waals surface area contributed by atoms with Crippen LogP contribution in [-0.2, 0) is 9.84 Å². The molecule has 1 aliphatic carbocycles. The van der Waals surface area contributed by atoms with Gasteiger partial charge in [-0.05, 0) is 49.4 Å². The van der Waals surface area contributed by atoms with E-state index in [1.54, 1.807) is 19.2 Å². The number of rotatable bonds is 3. The van der Waals surface area contributed by atoms with Crippen LogP contribution in [0.1, 0.15) is 37.3 Å². The number of nitrogens with one attached hydrogen (secondary N) is 1. The molecule has 0 radical (unpaired) electrons. The van der Waals surface area contributed by atoms with Gasteiger partial charge in [0.1, 0.15) is 5.75 Å². The second kappa shape index (κ2) is 4.80. The van der Waals surface area contributed by atoms with Crippen molar-refractivity contribution < 1.29 is 13.2 Å². The van der Waals surface area contributed by atoms with E-state index >= 15 is 0 Å². The molecule has 0 spiro atoms. The third-order valence-corrected chi connectivity index (χ3v) is 5.72. The maximum atomic E-state index is 12.3. The van der Waals surface area contributed by atoms with Crippen LogP contribution in [-0.4, -0.2) is 27.3 Å². The number of fused-ring (bicyclic) bond motifs is 1. The molecule has 1 saturated carbocycles. The first-order chi connectivity index (χ1) is 9.10. The molecular formula is C14H19NO3S. The number of sulfone groups is 1. The Morgan fingerprint density at radius 1 is 1.26 bits per heavy atom. The van der Waals surface area contributed by atoms with Crippen LogP contribution in [0.15, 0.2) is 23.1 Å². The lowest BCUT2D eigenvalue weighted by molar-refractivity contribution is 0.411. The zero-order chi connectivity index (χ0) is 13.5. The Kier molecular flexibility index (Phi) is 3.27. The molecular weight excluding hydrogens is 262 g/mol. The van der Waals surface area contributed by atoms with Crippen molar-refractivity contribution in [2.75, 3.05) is 12.9 Å². The normalized spacial score (nSPS) is 25.4. The van der Waals surface area contributed by atoms with E-state index in [1.807, 2.05) is 6.07 Å². The quantitative estimate of drug-likeness (QED) is 0.921. The Bertz CT molecular complexity index is 578. The van der Waals surface area contributed by atoms with Crippen molar-refractivity contribution in [2.24, 2.45) is 0 Å². The molecule has 0 amide bonds. The summed E-state index contributed by atoms with van der Waals surface area (Å²) >= 11 is 0. The monoisotopic (exact) mass is 281 g/mol. The molecule has 5 heteroatoms. The Labute approximate surface area is 114 Å². The van der Waals surface area contributed by atoms with Gasteiger partial charge in [-0.25, -0.2) is 8.42 Å². The summed E-state index contributed by atoms with van der Waals surface area (Å²) in [6.45, 7) is 0. The first-order valence-electron chi connectivity index (χ1n) is 6.77. The maximum absolute atomic E-state index is 12.3. The number of methoxy groups -OCH3 is 1. The molecule has 0 aromatic heterocycles. The van der Waals surface area contributed by atoms with Gasteiger partial charge < -0.3 is 10.1 Å². The highest BCUT2D eigenvalue weighted by Crippen LogP contribution is 2.35. The number of ether oxygens (including phenoxy) is 1. The summed E-state index contributed by atoms with van der Waals surface area (Å²) in [5.41, 5.74) is 0.878. The second-order valence-corrected chi connectivity index (χ2v) is 7.44. The summed E-state index contributed by atoms with van der Waals surface area (Å²) in [6.07, 6.45) is 3.98. The lowest BCUT2D eigenvalue weighted by Crippen LogP contribution is -2.23. The fourth-order valence-corrected chi connectivity index (χ4v) is 4.26. The highest BCUT2D eigenvalue weighted by atomic mass is 32.2. The lowest BCUT2D eigenvalue weighted by Gasteiger charge is -2.19. The van der Waals surface area contributed by atoms with Gasteiger partial charge in [0.15, 0.2) is 9.84 Å². The standard InChI is InChI=1S/C14H19NO3S/c1-18-11-6-7-14-12(9-11)13(15-10-4-5-10)3-2-8-19(14,16)17/h6-7,9-10,13,15H,2-5,8H2,1H3. The second-order valence-electron chi connectivity index (χ2n) is 5.36. The molecule has 1 aromatic carbocycles. The summed E-state index contributed by atoms with van der Waals surface area (Å²) in [5.74, 6) is 0.966. The van der Waals surface area contributed by atoms with Gasteiger partial charge in [-0.1, -0.05) is 0 Å². The van der Waals surface area contributed by atoms with Crippen LogP contribution in [0, 0.1) is 0 Å². The molecule has 1 aromatic rings. The van der Waals surface area contributed by atoms with E-state index in [2.05, 4.69) is 5.32 Å². The van der Waals surface area contributed by atoms with Crippen molar-refractivity contribution in [3.05, 3.63) is 23.8 Å². The van der Waals surface area contributed by atoms with E-state index in [0.717, 1.165) is 17.7 Å². The van der Waals surface area contributed by atoms with E-state index in [0.29, 0.717) is 17.4 Å². The zero-order valence-corrected chi connectivity index (χ0v) is 11.9. The van der Waals surface area contributed by atoms with Gasteiger partial charge >= 0.3 is 0 Å². The Hall–Kier alpha value is -1.07. The fourth-order valence-electron chi connectivity index (χ4n) is 2.66. The molecule has 0 saturated heterocycles. The number of hydrogen-bond donors (Lipinski definition) is 1. The van der Waals surface area contributed by atoms with Crippen molar-refractivity contribution in [3.8, 4) is 5.75 Å². The average Bonchev–Trinajstić information content (AvgIpc) is 3.20. The smallest absolute Gasteiger partial charge is 0.178 e. The van der Waals surface area contributed by atoms with E-state index in [4.69, 9.17) is 4.74 Å². The van der Waals surface area contributed by atoms with E-state index in [-0.39, 0.29) is 11.8 Å². The van der Waals surface area contributed by atoms with Crippen LogP contribution in [0.4, 0.5) is 0 Å². The Morgan fingerprint density at radius 2 is 2.05 bits per heavy atom. The lowest BCUT2D eigenvalue weighted by atomic mass is 10.0. The largest absolute Gasteiger partial charge is 0.497 e. The molecule has 1 fully saturated rings. The highest BCUT2D eigenvalue weighted by molar-refractivity contribution is 7.91. The van der Waals surface area contributed by atoms with Crippen LogP contribution in [0.25, 0.3) is 0 Å². The zero-order valence-electron chi connectivity index (χ0n) is 11.1. The predicted molar refractivity (Wildman–Crippen MR) is 73.2 cm³/mol. The molecule has 1 unspecified atom stereocenters. The fraction of sp³-hybridized carbons (Fsp3) is 0.571. The molecule has 3 rings (SSSR count). The third-order valence-electron chi connectivity index (χ3n) is 3.85. The van der Waals surface area contributed by atoms with E-state index < -0.39 is 9.84 Å². The molecule has 19 heavy (non-hydrogen) atoms. The average molecular weight is 281 g/mol. The van der Waals surface area contributed by atoms with E-state index in [1.165, 1.54) is 12.8 Å². The van der Waals surface area contributed by atoms with Gasteiger partial charge in [-0.2, -0.15) is 0 Å². The molecule has 1 aliphatic heterocycles. The molecule has 1 N–H and O–H groups in total. The van der Waals surface area contributed by atoms with Gasteiger partial charge in [0.05, 0.1) is 17.8 Å². The Morgan fingerprint density at radius 3 is 2.74 bits per heavy atom. The highest BCUT2D eigenvalue weighted by Gasteiger charge is 2.31. The molecule has 104 valence electrons.